The molecule has 0 amide bonds. The van der Waals surface area contributed by atoms with E-state index >= 15 is 0 Å². The molecule has 3 nitrogen and oxygen atoms in total. The Morgan fingerprint density at radius 2 is 2.21 bits per heavy atom. The third-order valence-corrected chi connectivity index (χ3v) is 1.68. The van der Waals surface area contributed by atoms with Gasteiger partial charge in [0.2, 0.25) is 0 Å². The lowest BCUT2D eigenvalue weighted by molar-refractivity contribution is -0.00344. The average molecular weight is 202 g/mol. The maximum absolute atomic E-state index is 11.8. The normalized spacial score (nSPS) is 13.1. The smallest absolute Gasteiger partial charge is 0.265 e. The minimum Gasteiger partial charge on any atom is -0.386 e. The lowest BCUT2D eigenvalue weighted by Gasteiger charge is -2.09. The summed E-state index contributed by atoms with van der Waals surface area (Å²) in [4.78, 5) is 3.99. The predicted octanol–water partition coefficient (Wildman–Crippen LogP) is 0.797. The molecule has 1 aromatic rings. The van der Waals surface area contributed by atoms with E-state index in [1.54, 1.807) is 18.3 Å². The molecule has 1 aromatic heterocycles. The van der Waals surface area contributed by atoms with Gasteiger partial charge in [-0.2, -0.15) is 0 Å². The first-order valence-corrected chi connectivity index (χ1v) is 4.27. The number of halogens is 2. The molecule has 2 N–H and O–H groups in total. The molecular weight excluding hydrogens is 190 g/mol. The molecule has 0 aromatic carbocycles. The zero-order chi connectivity index (χ0) is 10.4. The quantitative estimate of drug-likeness (QED) is 0.742. The summed E-state index contributed by atoms with van der Waals surface area (Å²) in [6.07, 6.45) is -2.69. The van der Waals surface area contributed by atoms with Crippen molar-refractivity contribution >= 4 is 0 Å². The van der Waals surface area contributed by atoms with Gasteiger partial charge in [0.1, 0.15) is 6.10 Å². The molecular formula is C9H12F2N2O. The number of hydrogen-bond acceptors (Lipinski definition) is 3. The van der Waals surface area contributed by atoms with Crippen molar-refractivity contribution in [3.05, 3.63) is 30.1 Å². The summed E-state index contributed by atoms with van der Waals surface area (Å²) in [5.74, 6) is 0. The first-order valence-electron chi connectivity index (χ1n) is 4.27. The molecule has 0 bridgehead atoms. The molecule has 1 rings (SSSR count). The van der Waals surface area contributed by atoms with E-state index in [1.807, 2.05) is 6.07 Å². The molecule has 0 aliphatic heterocycles. The highest BCUT2D eigenvalue weighted by Crippen LogP contribution is 1.99. The number of aliphatic hydroxyl groups excluding tert-OH is 1. The van der Waals surface area contributed by atoms with Crippen LogP contribution in [0.3, 0.4) is 0 Å². The lowest BCUT2D eigenvalue weighted by Crippen LogP contribution is -2.31. The van der Waals surface area contributed by atoms with Gasteiger partial charge in [0.25, 0.3) is 6.43 Å². The van der Waals surface area contributed by atoms with Crippen LogP contribution in [-0.2, 0) is 6.54 Å². The first-order chi connectivity index (χ1) is 6.70. The maximum Gasteiger partial charge on any atom is 0.265 e. The van der Waals surface area contributed by atoms with E-state index in [0.29, 0.717) is 6.54 Å². The van der Waals surface area contributed by atoms with Crippen LogP contribution in [-0.4, -0.2) is 29.2 Å². The summed E-state index contributed by atoms with van der Waals surface area (Å²) in [5.41, 5.74) is 0.758. The Labute approximate surface area is 80.8 Å². The SMILES string of the molecule is OC(CNCc1ccccn1)C(F)F. The fraction of sp³-hybridized carbons (Fsp3) is 0.444. The molecule has 1 unspecified atom stereocenters. The highest BCUT2D eigenvalue weighted by molar-refractivity contribution is 5.02. The highest BCUT2D eigenvalue weighted by Gasteiger charge is 2.15. The number of alkyl halides is 2. The Balaban J connectivity index is 2.22. The number of rotatable bonds is 5. The fourth-order valence-electron chi connectivity index (χ4n) is 0.940. The van der Waals surface area contributed by atoms with E-state index < -0.39 is 12.5 Å². The third kappa shape index (κ3) is 3.76. The second-order valence-corrected chi connectivity index (χ2v) is 2.85. The van der Waals surface area contributed by atoms with Gasteiger partial charge in [0.05, 0.1) is 5.69 Å². The van der Waals surface area contributed by atoms with Gasteiger partial charge in [0.15, 0.2) is 0 Å². The van der Waals surface area contributed by atoms with Crippen LogP contribution in [0.1, 0.15) is 5.69 Å². The average Bonchev–Trinajstić information content (AvgIpc) is 2.19. The van der Waals surface area contributed by atoms with Crippen molar-refractivity contribution in [3.8, 4) is 0 Å². The van der Waals surface area contributed by atoms with Crippen LogP contribution in [0, 0.1) is 0 Å². The number of aromatic nitrogens is 1. The highest BCUT2D eigenvalue weighted by atomic mass is 19.3. The van der Waals surface area contributed by atoms with Crippen molar-refractivity contribution in [3.63, 3.8) is 0 Å². The summed E-state index contributed by atoms with van der Waals surface area (Å²) in [6.45, 7) is 0.249. The number of pyridine rings is 1. The van der Waals surface area contributed by atoms with Crippen LogP contribution in [0.5, 0.6) is 0 Å². The molecule has 0 saturated carbocycles. The summed E-state index contributed by atoms with van der Waals surface area (Å²) < 4.78 is 23.7. The van der Waals surface area contributed by atoms with Gasteiger partial charge in [-0.25, -0.2) is 8.78 Å². The standard InChI is InChI=1S/C9H12F2N2O/c10-9(11)8(14)6-12-5-7-3-1-2-4-13-7/h1-4,8-9,12,14H,5-6H2. The molecule has 0 saturated heterocycles. The summed E-state index contributed by atoms with van der Waals surface area (Å²) >= 11 is 0. The maximum atomic E-state index is 11.8. The molecule has 0 fully saturated rings. The largest absolute Gasteiger partial charge is 0.386 e. The van der Waals surface area contributed by atoms with Crippen molar-refractivity contribution in [2.45, 2.75) is 19.1 Å². The Kier molecular flexibility index (Phi) is 4.42. The van der Waals surface area contributed by atoms with E-state index in [1.165, 1.54) is 0 Å². The third-order valence-electron chi connectivity index (χ3n) is 1.68. The van der Waals surface area contributed by atoms with E-state index in [2.05, 4.69) is 10.3 Å². The molecule has 14 heavy (non-hydrogen) atoms. The number of hydrogen-bond donors (Lipinski definition) is 2. The molecule has 0 aliphatic rings. The predicted molar refractivity (Wildman–Crippen MR) is 48.0 cm³/mol. The van der Waals surface area contributed by atoms with Crippen molar-refractivity contribution in [1.82, 2.24) is 10.3 Å². The topological polar surface area (TPSA) is 45.1 Å². The van der Waals surface area contributed by atoms with E-state index in [4.69, 9.17) is 5.11 Å². The van der Waals surface area contributed by atoms with E-state index in [-0.39, 0.29) is 6.54 Å². The van der Waals surface area contributed by atoms with Crippen LogP contribution in [0.4, 0.5) is 8.78 Å². The van der Waals surface area contributed by atoms with Crippen molar-refractivity contribution in [2.75, 3.05) is 6.54 Å². The van der Waals surface area contributed by atoms with Gasteiger partial charge in [0, 0.05) is 19.3 Å². The molecule has 0 aliphatic carbocycles. The Bertz CT molecular complexity index is 256. The molecule has 1 atom stereocenters. The summed E-state index contributed by atoms with van der Waals surface area (Å²) in [7, 11) is 0. The Morgan fingerprint density at radius 3 is 2.79 bits per heavy atom. The zero-order valence-corrected chi connectivity index (χ0v) is 7.53. The van der Waals surface area contributed by atoms with Gasteiger partial charge >= 0.3 is 0 Å². The molecule has 5 heteroatoms. The first kappa shape index (κ1) is 11.0. The Hall–Kier alpha value is -1.07. The summed E-state index contributed by atoms with van der Waals surface area (Å²) in [5, 5.41) is 11.5. The van der Waals surface area contributed by atoms with Crippen LogP contribution < -0.4 is 5.32 Å². The van der Waals surface area contributed by atoms with E-state index in [0.717, 1.165) is 5.69 Å². The van der Waals surface area contributed by atoms with E-state index in [9.17, 15) is 8.78 Å². The Morgan fingerprint density at radius 1 is 1.43 bits per heavy atom. The molecule has 1 heterocycles. The van der Waals surface area contributed by atoms with Gasteiger partial charge < -0.3 is 10.4 Å². The van der Waals surface area contributed by atoms with Crippen molar-refractivity contribution < 1.29 is 13.9 Å². The van der Waals surface area contributed by atoms with Crippen LogP contribution in [0.2, 0.25) is 0 Å². The van der Waals surface area contributed by atoms with Crippen LogP contribution in [0.25, 0.3) is 0 Å². The monoisotopic (exact) mass is 202 g/mol. The fourth-order valence-corrected chi connectivity index (χ4v) is 0.940. The van der Waals surface area contributed by atoms with Gasteiger partial charge in [-0.3, -0.25) is 4.98 Å². The van der Waals surface area contributed by atoms with Gasteiger partial charge in [-0.15, -0.1) is 0 Å². The second kappa shape index (κ2) is 5.62. The van der Waals surface area contributed by atoms with Crippen LogP contribution in [0.15, 0.2) is 24.4 Å². The molecule has 78 valence electrons. The summed E-state index contributed by atoms with van der Waals surface area (Å²) in [6, 6.07) is 5.37. The minimum atomic E-state index is -2.70. The van der Waals surface area contributed by atoms with Crippen molar-refractivity contribution in [2.24, 2.45) is 0 Å². The minimum absolute atomic E-state index is 0.131. The number of nitrogens with one attached hydrogen (secondary N) is 1. The number of nitrogens with zero attached hydrogens (tertiary/aromatic N) is 1. The molecule has 0 radical (unpaired) electrons. The van der Waals surface area contributed by atoms with Gasteiger partial charge in [-0.05, 0) is 12.1 Å². The van der Waals surface area contributed by atoms with Crippen LogP contribution >= 0.6 is 0 Å². The molecule has 0 spiro atoms. The van der Waals surface area contributed by atoms with Crippen molar-refractivity contribution in [1.29, 1.82) is 0 Å². The lowest BCUT2D eigenvalue weighted by atomic mass is 10.3. The second-order valence-electron chi connectivity index (χ2n) is 2.85. The number of aliphatic hydroxyl groups is 1. The zero-order valence-electron chi connectivity index (χ0n) is 7.53. The van der Waals surface area contributed by atoms with Gasteiger partial charge in [-0.1, -0.05) is 6.07 Å².